The Morgan fingerprint density at radius 2 is 2.11 bits per heavy atom. The lowest BCUT2D eigenvalue weighted by Crippen LogP contribution is -2.43. The Bertz CT molecular complexity index is 271. The first-order chi connectivity index (χ1) is 8.42. The number of nitrogens with zero attached hydrogens (tertiary/aromatic N) is 1. The molecule has 1 aliphatic heterocycles. The number of ether oxygens (including phenoxy) is 2. The zero-order chi connectivity index (χ0) is 13.6. The number of hydrogen-bond acceptors (Lipinski definition) is 4. The molecule has 106 valence electrons. The molecule has 0 aromatic heterocycles. The third kappa shape index (κ3) is 5.68. The smallest absolute Gasteiger partial charge is 0.469 e. The van der Waals surface area contributed by atoms with Gasteiger partial charge in [0, 0.05) is 12.6 Å². The number of methoxy groups -OCH3 is 1. The summed E-state index contributed by atoms with van der Waals surface area (Å²) >= 11 is 0. The molecule has 1 rings (SSSR count). The molecule has 0 aromatic carbocycles. The average Bonchev–Trinajstić information content (AvgIpc) is 2.29. The highest BCUT2D eigenvalue weighted by molar-refractivity contribution is 5.69. The standard InChI is InChI=1S/C11H18F3NO3/c1-17-10(16)8-9-4-2-3-5-15(9)6-7-18-11(12,13)14/h9H,2-8H2,1H3. The number of likely N-dealkylation sites (tertiary alicyclic amines) is 1. The molecule has 18 heavy (non-hydrogen) atoms. The number of carbonyl (C=O) groups excluding carboxylic acids is 1. The SMILES string of the molecule is COC(=O)CC1CCCCN1CCOC(F)(F)F. The van der Waals surface area contributed by atoms with E-state index >= 15 is 0 Å². The van der Waals surface area contributed by atoms with E-state index < -0.39 is 13.0 Å². The second kappa shape index (κ2) is 6.94. The third-order valence-electron chi connectivity index (χ3n) is 3.02. The van der Waals surface area contributed by atoms with Crippen LogP contribution in [0.3, 0.4) is 0 Å². The topological polar surface area (TPSA) is 38.8 Å². The zero-order valence-corrected chi connectivity index (χ0v) is 10.3. The Kier molecular flexibility index (Phi) is 5.87. The summed E-state index contributed by atoms with van der Waals surface area (Å²) in [5.41, 5.74) is 0. The normalized spacial score (nSPS) is 21.9. The van der Waals surface area contributed by atoms with Crippen LogP contribution in [0.25, 0.3) is 0 Å². The van der Waals surface area contributed by atoms with Crippen LogP contribution in [-0.2, 0) is 14.3 Å². The molecular weight excluding hydrogens is 251 g/mol. The molecule has 0 amide bonds. The summed E-state index contributed by atoms with van der Waals surface area (Å²) in [7, 11) is 1.31. The van der Waals surface area contributed by atoms with Crippen molar-refractivity contribution in [3.05, 3.63) is 0 Å². The number of piperidine rings is 1. The van der Waals surface area contributed by atoms with Gasteiger partial charge in [0.2, 0.25) is 0 Å². The van der Waals surface area contributed by atoms with E-state index in [9.17, 15) is 18.0 Å². The number of hydrogen-bond donors (Lipinski definition) is 0. The summed E-state index contributed by atoms with van der Waals surface area (Å²) in [5, 5.41) is 0. The van der Waals surface area contributed by atoms with Crippen molar-refractivity contribution in [3.8, 4) is 0 Å². The predicted octanol–water partition coefficient (Wildman–Crippen LogP) is 1.94. The van der Waals surface area contributed by atoms with Crippen molar-refractivity contribution in [3.63, 3.8) is 0 Å². The van der Waals surface area contributed by atoms with Gasteiger partial charge in [-0.3, -0.25) is 14.4 Å². The number of alkyl halides is 3. The van der Waals surface area contributed by atoms with Crippen LogP contribution >= 0.6 is 0 Å². The maximum Gasteiger partial charge on any atom is 0.522 e. The Morgan fingerprint density at radius 3 is 2.72 bits per heavy atom. The Balaban J connectivity index is 2.37. The molecule has 0 N–H and O–H groups in total. The van der Waals surface area contributed by atoms with Crippen LogP contribution in [0.1, 0.15) is 25.7 Å². The largest absolute Gasteiger partial charge is 0.522 e. The van der Waals surface area contributed by atoms with Crippen molar-refractivity contribution in [1.82, 2.24) is 4.90 Å². The van der Waals surface area contributed by atoms with Crippen LogP contribution in [0.2, 0.25) is 0 Å². The minimum absolute atomic E-state index is 0.0389. The maximum absolute atomic E-state index is 11.9. The van der Waals surface area contributed by atoms with Crippen LogP contribution in [0.15, 0.2) is 0 Å². The first kappa shape index (κ1) is 15.2. The minimum atomic E-state index is -4.59. The Hall–Kier alpha value is -0.820. The van der Waals surface area contributed by atoms with Gasteiger partial charge in [-0.1, -0.05) is 6.42 Å². The van der Waals surface area contributed by atoms with Gasteiger partial charge in [0.1, 0.15) is 0 Å². The first-order valence-corrected chi connectivity index (χ1v) is 5.94. The molecule has 0 spiro atoms. The number of rotatable bonds is 5. The molecule has 4 nitrogen and oxygen atoms in total. The highest BCUT2D eigenvalue weighted by Crippen LogP contribution is 2.21. The summed E-state index contributed by atoms with van der Waals surface area (Å²) in [5.74, 6) is -0.330. The van der Waals surface area contributed by atoms with Crippen molar-refractivity contribution >= 4 is 5.97 Å². The summed E-state index contributed by atoms with van der Waals surface area (Å²) in [6, 6.07) is -0.0389. The van der Waals surface area contributed by atoms with Crippen molar-refractivity contribution in [2.75, 3.05) is 26.8 Å². The van der Waals surface area contributed by atoms with Crippen molar-refractivity contribution in [2.45, 2.75) is 38.1 Å². The van der Waals surface area contributed by atoms with Crippen molar-refractivity contribution in [2.24, 2.45) is 0 Å². The second-order valence-corrected chi connectivity index (χ2v) is 4.26. The van der Waals surface area contributed by atoms with E-state index in [0.717, 1.165) is 19.3 Å². The predicted molar refractivity (Wildman–Crippen MR) is 57.9 cm³/mol. The van der Waals surface area contributed by atoms with Crippen LogP contribution in [0.4, 0.5) is 13.2 Å². The molecule has 1 atom stereocenters. The van der Waals surface area contributed by atoms with E-state index in [0.29, 0.717) is 6.54 Å². The summed E-state index contributed by atoms with van der Waals surface area (Å²) in [6.07, 6.45) is -1.64. The molecular formula is C11H18F3NO3. The third-order valence-corrected chi connectivity index (χ3v) is 3.02. The fourth-order valence-corrected chi connectivity index (χ4v) is 2.14. The molecule has 1 aliphatic rings. The van der Waals surface area contributed by atoms with Gasteiger partial charge in [-0.2, -0.15) is 0 Å². The molecule has 0 radical (unpaired) electrons. The highest BCUT2D eigenvalue weighted by Gasteiger charge is 2.30. The van der Waals surface area contributed by atoms with E-state index in [4.69, 9.17) is 0 Å². The van der Waals surface area contributed by atoms with Gasteiger partial charge in [0.05, 0.1) is 20.1 Å². The lowest BCUT2D eigenvalue weighted by Gasteiger charge is -2.35. The van der Waals surface area contributed by atoms with E-state index in [1.165, 1.54) is 7.11 Å². The fourth-order valence-electron chi connectivity index (χ4n) is 2.14. The number of carbonyl (C=O) groups is 1. The highest BCUT2D eigenvalue weighted by atomic mass is 19.4. The van der Waals surface area contributed by atoms with E-state index in [1.807, 2.05) is 4.90 Å². The summed E-state index contributed by atoms with van der Waals surface area (Å²) in [4.78, 5) is 13.1. The molecule has 0 bridgehead atoms. The zero-order valence-electron chi connectivity index (χ0n) is 10.3. The molecule has 1 saturated heterocycles. The van der Waals surface area contributed by atoms with Crippen molar-refractivity contribution in [1.29, 1.82) is 0 Å². The van der Waals surface area contributed by atoms with Gasteiger partial charge in [-0.05, 0) is 19.4 Å². The Labute approximate surface area is 104 Å². The maximum atomic E-state index is 11.9. The van der Waals surface area contributed by atoms with Crippen LogP contribution in [-0.4, -0.2) is 50.1 Å². The molecule has 1 fully saturated rings. The first-order valence-electron chi connectivity index (χ1n) is 5.94. The molecule has 1 heterocycles. The van der Waals surface area contributed by atoms with Gasteiger partial charge < -0.3 is 4.74 Å². The second-order valence-electron chi connectivity index (χ2n) is 4.26. The van der Waals surface area contributed by atoms with Gasteiger partial charge in [-0.15, -0.1) is 13.2 Å². The molecule has 0 saturated carbocycles. The lowest BCUT2D eigenvalue weighted by atomic mass is 9.99. The van der Waals surface area contributed by atoms with Crippen LogP contribution in [0, 0.1) is 0 Å². The monoisotopic (exact) mass is 269 g/mol. The van der Waals surface area contributed by atoms with Gasteiger partial charge in [0.25, 0.3) is 0 Å². The van der Waals surface area contributed by atoms with Gasteiger partial charge in [0.15, 0.2) is 0 Å². The Morgan fingerprint density at radius 1 is 1.39 bits per heavy atom. The fraction of sp³-hybridized carbons (Fsp3) is 0.909. The van der Waals surface area contributed by atoms with Crippen molar-refractivity contribution < 1.29 is 27.4 Å². The minimum Gasteiger partial charge on any atom is -0.469 e. The molecule has 0 aromatic rings. The van der Waals surface area contributed by atoms with Crippen LogP contribution < -0.4 is 0 Å². The number of esters is 1. The van der Waals surface area contributed by atoms with Gasteiger partial charge >= 0.3 is 12.3 Å². The average molecular weight is 269 g/mol. The van der Waals surface area contributed by atoms with E-state index in [2.05, 4.69) is 9.47 Å². The van der Waals surface area contributed by atoms with Gasteiger partial charge in [-0.25, -0.2) is 0 Å². The summed E-state index contributed by atoms with van der Waals surface area (Å²) in [6.45, 7) is 0.477. The lowest BCUT2D eigenvalue weighted by molar-refractivity contribution is -0.325. The molecule has 7 heteroatoms. The number of halogens is 3. The summed E-state index contributed by atoms with van der Waals surface area (Å²) < 4.78 is 43.9. The van der Waals surface area contributed by atoms with E-state index in [-0.39, 0.29) is 25.0 Å². The molecule has 0 aliphatic carbocycles. The quantitative estimate of drug-likeness (QED) is 0.715. The molecule has 1 unspecified atom stereocenters. The van der Waals surface area contributed by atoms with Crippen LogP contribution in [0.5, 0.6) is 0 Å². The van der Waals surface area contributed by atoms with E-state index in [1.54, 1.807) is 0 Å².